The van der Waals surface area contributed by atoms with Gasteiger partial charge in [0.1, 0.15) is 6.54 Å². The van der Waals surface area contributed by atoms with Crippen molar-refractivity contribution in [3.05, 3.63) is 18.2 Å². The first-order valence-corrected chi connectivity index (χ1v) is 8.08. The Morgan fingerprint density at radius 2 is 2.08 bits per heavy atom. The summed E-state index contributed by atoms with van der Waals surface area (Å²) in [5.41, 5.74) is 0.173. The number of carbonyl (C=O) groups is 3. The number of anilines is 1. The van der Waals surface area contributed by atoms with Crippen molar-refractivity contribution in [2.45, 2.75) is 6.29 Å². The Labute approximate surface area is 144 Å². The average Bonchev–Trinajstić information content (AvgIpc) is 3.06. The van der Waals surface area contributed by atoms with Gasteiger partial charge < -0.3 is 24.4 Å². The molecule has 11 heteroatoms. The number of halogens is 2. The SMILES string of the molecule is O=C(COC(=O)CN1CCSC1=O)Nc1ccc2c(c1)OC(F)(F)O2. The summed E-state index contributed by atoms with van der Waals surface area (Å²) in [6.45, 7) is -0.344. The van der Waals surface area contributed by atoms with E-state index in [2.05, 4.69) is 14.8 Å². The number of nitrogens with one attached hydrogen (secondary N) is 1. The highest BCUT2D eigenvalue weighted by atomic mass is 32.2. The molecule has 1 aromatic rings. The van der Waals surface area contributed by atoms with Crippen LogP contribution in [0.15, 0.2) is 18.2 Å². The van der Waals surface area contributed by atoms with E-state index in [1.807, 2.05) is 0 Å². The van der Waals surface area contributed by atoms with E-state index in [4.69, 9.17) is 4.74 Å². The number of nitrogens with zero attached hydrogens (tertiary/aromatic N) is 1. The maximum atomic E-state index is 12.9. The second-order valence-electron chi connectivity index (χ2n) is 5.07. The number of ether oxygens (including phenoxy) is 3. The van der Waals surface area contributed by atoms with Gasteiger partial charge in [0.25, 0.3) is 11.1 Å². The molecule has 3 rings (SSSR count). The van der Waals surface area contributed by atoms with Crippen LogP contribution >= 0.6 is 11.8 Å². The number of esters is 1. The molecule has 2 amide bonds. The fourth-order valence-electron chi connectivity index (χ4n) is 2.14. The van der Waals surface area contributed by atoms with Crippen LogP contribution in [0, 0.1) is 0 Å². The summed E-state index contributed by atoms with van der Waals surface area (Å²) >= 11 is 1.11. The van der Waals surface area contributed by atoms with Crippen molar-refractivity contribution in [3.63, 3.8) is 0 Å². The van der Waals surface area contributed by atoms with E-state index in [0.717, 1.165) is 17.8 Å². The molecule has 0 unspecified atom stereocenters. The molecule has 1 fully saturated rings. The van der Waals surface area contributed by atoms with Gasteiger partial charge in [-0.25, -0.2) is 0 Å². The first-order chi connectivity index (χ1) is 11.8. The standard InChI is InChI=1S/C14H12F2N2O6S/c15-14(16)23-9-2-1-8(5-10(9)24-14)17-11(19)7-22-12(20)6-18-3-4-25-13(18)21/h1-2,5H,3-4,6-7H2,(H,17,19). The van der Waals surface area contributed by atoms with E-state index in [1.165, 1.54) is 17.0 Å². The van der Waals surface area contributed by atoms with Crippen molar-refractivity contribution in [2.24, 2.45) is 0 Å². The van der Waals surface area contributed by atoms with Crippen LogP contribution in [0.25, 0.3) is 0 Å². The highest BCUT2D eigenvalue weighted by Crippen LogP contribution is 2.42. The minimum atomic E-state index is -3.74. The molecule has 0 spiro atoms. The lowest BCUT2D eigenvalue weighted by Gasteiger charge is -2.13. The van der Waals surface area contributed by atoms with Crippen LogP contribution in [0.1, 0.15) is 0 Å². The molecule has 25 heavy (non-hydrogen) atoms. The molecular weight excluding hydrogens is 362 g/mol. The van der Waals surface area contributed by atoms with Gasteiger partial charge >= 0.3 is 12.3 Å². The van der Waals surface area contributed by atoms with Crippen molar-refractivity contribution in [1.29, 1.82) is 0 Å². The second-order valence-corrected chi connectivity index (χ2v) is 6.12. The maximum Gasteiger partial charge on any atom is 0.586 e. The number of benzene rings is 1. The fourth-order valence-corrected chi connectivity index (χ4v) is 2.97. The van der Waals surface area contributed by atoms with Gasteiger partial charge in [0.15, 0.2) is 18.1 Å². The third kappa shape index (κ3) is 4.29. The molecule has 2 aliphatic rings. The predicted molar refractivity (Wildman–Crippen MR) is 81.7 cm³/mol. The zero-order chi connectivity index (χ0) is 18.0. The number of hydrogen-bond acceptors (Lipinski definition) is 7. The summed E-state index contributed by atoms with van der Waals surface area (Å²) < 4.78 is 39.1. The molecule has 0 aromatic heterocycles. The molecule has 0 aliphatic carbocycles. The van der Waals surface area contributed by atoms with Crippen LogP contribution in [0.3, 0.4) is 0 Å². The van der Waals surface area contributed by atoms with Gasteiger partial charge in [0, 0.05) is 24.1 Å². The summed E-state index contributed by atoms with van der Waals surface area (Å²) in [6, 6.07) is 3.72. The van der Waals surface area contributed by atoms with Gasteiger partial charge in [-0.15, -0.1) is 8.78 Å². The number of hydrogen-bond donors (Lipinski definition) is 1. The van der Waals surface area contributed by atoms with Crippen LogP contribution in [0.4, 0.5) is 19.3 Å². The zero-order valence-corrected chi connectivity index (χ0v) is 13.4. The van der Waals surface area contributed by atoms with E-state index >= 15 is 0 Å². The Kier molecular flexibility index (Phi) is 4.66. The van der Waals surface area contributed by atoms with Crippen molar-refractivity contribution in [2.75, 3.05) is 30.8 Å². The Morgan fingerprint density at radius 3 is 2.80 bits per heavy atom. The van der Waals surface area contributed by atoms with Crippen LogP contribution in [-0.4, -0.2) is 53.8 Å². The lowest BCUT2D eigenvalue weighted by atomic mass is 10.3. The number of carbonyl (C=O) groups excluding carboxylic acids is 3. The summed E-state index contributed by atoms with van der Waals surface area (Å²) in [5.74, 6) is -1.14. The van der Waals surface area contributed by atoms with Crippen molar-refractivity contribution < 1.29 is 37.4 Å². The Balaban J connectivity index is 1.47. The van der Waals surface area contributed by atoms with Gasteiger partial charge in [-0.05, 0) is 12.1 Å². The highest BCUT2D eigenvalue weighted by Gasteiger charge is 2.43. The van der Waals surface area contributed by atoms with Crippen molar-refractivity contribution in [3.8, 4) is 11.5 Å². The number of amides is 2. The van der Waals surface area contributed by atoms with E-state index in [-0.39, 0.29) is 29.0 Å². The first kappa shape index (κ1) is 17.3. The van der Waals surface area contributed by atoms with Crippen LogP contribution < -0.4 is 14.8 Å². The summed E-state index contributed by atoms with van der Waals surface area (Å²) in [7, 11) is 0. The largest absolute Gasteiger partial charge is 0.586 e. The Morgan fingerprint density at radius 1 is 1.32 bits per heavy atom. The molecule has 8 nitrogen and oxygen atoms in total. The summed E-state index contributed by atoms with van der Waals surface area (Å²) in [5, 5.41) is 2.17. The molecule has 1 aromatic carbocycles. The van der Waals surface area contributed by atoms with Crippen LogP contribution in [0.5, 0.6) is 11.5 Å². The first-order valence-electron chi connectivity index (χ1n) is 7.09. The monoisotopic (exact) mass is 374 g/mol. The van der Waals surface area contributed by atoms with E-state index in [1.54, 1.807) is 0 Å². The van der Waals surface area contributed by atoms with E-state index < -0.39 is 24.8 Å². The summed E-state index contributed by atoms with van der Waals surface area (Å²) in [6.07, 6.45) is -3.74. The fraction of sp³-hybridized carbons (Fsp3) is 0.357. The Bertz CT molecular complexity index is 729. The van der Waals surface area contributed by atoms with Gasteiger partial charge in [0.05, 0.1) is 0 Å². The highest BCUT2D eigenvalue weighted by molar-refractivity contribution is 8.13. The minimum Gasteiger partial charge on any atom is -0.454 e. The topological polar surface area (TPSA) is 94.2 Å². The summed E-state index contributed by atoms with van der Waals surface area (Å²) in [4.78, 5) is 36.0. The van der Waals surface area contributed by atoms with E-state index in [0.29, 0.717) is 12.3 Å². The lowest BCUT2D eigenvalue weighted by Crippen LogP contribution is -2.32. The van der Waals surface area contributed by atoms with Crippen LogP contribution in [-0.2, 0) is 14.3 Å². The third-order valence-corrected chi connectivity index (χ3v) is 4.11. The zero-order valence-electron chi connectivity index (χ0n) is 12.6. The third-order valence-electron chi connectivity index (χ3n) is 3.21. The molecule has 0 radical (unpaired) electrons. The number of alkyl halides is 2. The Hall–Kier alpha value is -2.56. The molecule has 134 valence electrons. The van der Waals surface area contributed by atoms with Crippen LogP contribution in [0.2, 0.25) is 0 Å². The lowest BCUT2D eigenvalue weighted by molar-refractivity contribution is -0.286. The van der Waals surface area contributed by atoms with Gasteiger partial charge in [-0.2, -0.15) is 0 Å². The molecule has 2 heterocycles. The number of thioether (sulfide) groups is 1. The van der Waals surface area contributed by atoms with E-state index in [9.17, 15) is 23.2 Å². The molecule has 1 saturated heterocycles. The van der Waals surface area contributed by atoms with Gasteiger partial charge in [-0.3, -0.25) is 14.4 Å². The second kappa shape index (κ2) is 6.75. The predicted octanol–water partition coefficient (Wildman–Crippen LogP) is 1.66. The number of rotatable bonds is 5. The van der Waals surface area contributed by atoms with Crippen molar-refractivity contribution in [1.82, 2.24) is 4.90 Å². The molecule has 2 aliphatic heterocycles. The quantitative estimate of drug-likeness (QED) is 0.784. The smallest absolute Gasteiger partial charge is 0.454 e. The molecule has 0 bridgehead atoms. The minimum absolute atomic E-state index is 0.150. The molecular formula is C14H12F2N2O6S. The molecule has 1 N–H and O–H groups in total. The average molecular weight is 374 g/mol. The maximum absolute atomic E-state index is 12.9. The molecule has 0 saturated carbocycles. The molecule has 0 atom stereocenters. The van der Waals surface area contributed by atoms with Gasteiger partial charge in [-0.1, -0.05) is 11.8 Å². The van der Waals surface area contributed by atoms with Crippen molar-refractivity contribution >= 4 is 34.6 Å². The number of fused-ring (bicyclic) bond motifs is 1. The van der Waals surface area contributed by atoms with Gasteiger partial charge in [0.2, 0.25) is 0 Å². The normalized spacial score (nSPS) is 17.5.